The van der Waals surface area contributed by atoms with Crippen molar-refractivity contribution in [1.29, 1.82) is 0 Å². The number of nitrogens with one attached hydrogen (secondary N) is 2. The number of benzene rings is 3. The number of hydrogen-bond acceptors (Lipinski definition) is 4. The molecule has 1 aliphatic heterocycles. The van der Waals surface area contributed by atoms with Crippen molar-refractivity contribution in [2.45, 2.75) is 25.2 Å². The first-order valence-electron chi connectivity index (χ1n) is 10.2. The van der Waals surface area contributed by atoms with Crippen LogP contribution in [0, 0.1) is 13.8 Å². The van der Waals surface area contributed by atoms with Crippen molar-refractivity contribution in [1.82, 2.24) is 0 Å². The summed E-state index contributed by atoms with van der Waals surface area (Å²) >= 11 is 0. The first kappa shape index (κ1) is 21.7. The highest BCUT2D eigenvalue weighted by Gasteiger charge is 2.31. The van der Waals surface area contributed by atoms with E-state index in [0.717, 1.165) is 16.7 Å². The number of anilines is 3. The standard InChI is InChI=1S/C24H25N3O4S/c1-16-4-9-20(10-5-16)32(29,30)27-13-12-18-7-8-19(15-22(18)27)25-24(28)26-21-14-17(2)6-11-23(21)31-3/h4-11,14-15H,12-13H2,1-3H3,(H2,25,26,28). The predicted molar refractivity (Wildman–Crippen MR) is 126 cm³/mol. The number of ether oxygens (including phenoxy) is 1. The maximum absolute atomic E-state index is 13.2. The third-order valence-electron chi connectivity index (χ3n) is 5.41. The molecule has 3 aromatic carbocycles. The summed E-state index contributed by atoms with van der Waals surface area (Å²) in [6.45, 7) is 4.20. The molecule has 4 rings (SSSR count). The molecule has 0 fully saturated rings. The van der Waals surface area contributed by atoms with Crippen molar-refractivity contribution >= 4 is 33.1 Å². The lowest BCUT2D eigenvalue weighted by molar-refractivity contribution is 0.262. The number of amides is 2. The number of carbonyl (C=O) groups excluding carboxylic acids is 1. The molecule has 0 bridgehead atoms. The topological polar surface area (TPSA) is 87.7 Å². The van der Waals surface area contributed by atoms with Gasteiger partial charge >= 0.3 is 6.03 Å². The largest absolute Gasteiger partial charge is 0.495 e. The van der Waals surface area contributed by atoms with Gasteiger partial charge in [0.1, 0.15) is 5.75 Å². The van der Waals surface area contributed by atoms with Gasteiger partial charge in [0.25, 0.3) is 10.0 Å². The van der Waals surface area contributed by atoms with Crippen LogP contribution in [0.1, 0.15) is 16.7 Å². The third kappa shape index (κ3) is 4.27. The summed E-state index contributed by atoms with van der Waals surface area (Å²) in [5.41, 5.74) is 4.53. The number of carbonyl (C=O) groups is 1. The Morgan fingerprint density at radius 3 is 2.38 bits per heavy atom. The zero-order valence-electron chi connectivity index (χ0n) is 18.2. The average Bonchev–Trinajstić information content (AvgIpc) is 3.18. The quantitative estimate of drug-likeness (QED) is 0.588. The van der Waals surface area contributed by atoms with Crippen LogP contribution in [0.3, 0.4) is 0 Å². The van der Waals surface area contributed by atoms with Crippen molar-refractivity contribution in [2.24, 2.45) is 0 Å². The number of sulfonamides is 1. The molecule has 1 heterocycles. The minimum Gasteiger partial charge on any atom is -0.495 e. The maximum Gasteiger partial charge on any atom is 0.323 e. The second-order valence-electron chi connectivity index (χ2n) is 7.77. The van der Waals surface area contributed by atoms with Gasteiger partial charge in [0, 0.05) is 12.2 Å². The Bertz CT molecular complexity index is 1270. The number of methoxy groups -OCH3 is 1. The van der Waals surface area contributed by atoms with Crippen LogP contribution in [0.4, 0.5) is 21.9 Å². The first-order chi connectivity index (χ1) is 15.3. The molecule has 1 aliphatic rings. The van der Waals surface area contributed by atoms with E-state index < -0.39 is 16.1 Å². The molecule has 2 amide bonds. The summed E-state index contributed by atoms with van der Waals surface area (Å²) in [7, 11) is -2.15. The highest BCUT2D eigenvalue weighted by molar-refractivity contribution is 7.92. The lowest BCUT2D eigenvalue weighted by Crippen LogP contribution is -2.29. The van der Waals surface area contributed by atoms with Gasteiger partial charge < -0.3 is 15.4 Å². The number of urea groups is 1. The molecule has 8 heteroatoms. The minimum atomic E-state index is -3.69. The zero-order valence-corrected chi connectivity index (χ0v) is 19.0. The SMILES string of the molecule is COc1ccc(C)cc1NC(=O)Nc1ccc2c(c1)N(S(=O)(=O)c1ccc(C)cc1)CC2. The van der Waals surface area contributed by atoms with E-state index >= 15 is 0 Å². The van der Waals surface area contributed by atoms with Crippen LogP contribution in [0.5, 0.6) is 5.75 Å². The molecule has 0 radical (unpaired) electrons. The van der Waals surface area contributed by atoms with Crippen molar-refractivity contribution in [2.75, 3.05) is 28.6 Å². The lowest BCUT2D eigenvalue weighted by atomic mass is 10.1. The molecule has 0 saturated carbocycles. The molecule has 166 valence electrons. The molecule has 0 aromatic heterocycles. The molecule has 0 aliphatic carbocycles. The van der Waals surface area contributed by atoms with E-state index in [4.69, 9.17) is 4.74 Å². The van der Waals surface area contributed by atoms with Gasteiger partial charge in [-0.2, -0.15) is 0 Å². The van der Waals surface area contributed by atoms with E-state index in [1.807, 2.05) is 32.0 Å². The predicted octanol–water partition coefficient (Wildman–Crippen LogP) is 4.71. The fraction of sp³-hybridized carbons (Fsp3) is 0.208. The Kier molecular flexibility index (Phi) is 5.80. The Morgan fingerprint density at radius 2 is 1.66 bits per heavy atom. The molecule has 32 heavy (non-hydrogen) atoms. The van der Waals surface area contributed by atoms with E-state index in [1.165, 1.54) is 11.4 Å². The van der Waals surface area contributed by atoms with Crippen LogP contribution < -0.4 is 19.7 Å². The minimum absolute atomic E-state index is 0.249. The first-order valence-corrected chi connectivity index (χ1v) is 11.7. The van der Waals surface area contributed by atoms with E-state index in [2.05, 4.69) is 10.6 Å². The average molecular weight is 452 g/mol. The Labute approximate surface area is 188 Å². The Morgan fingerprint density at radius 1 is 0.938 bits per heavy atom. The fourth-order valence-electron chi connectivity index (χ4n) is 3.72. The molecule has 7 nitrogen and oxygen atoms in total. The van der Waals surface area contributed by atoms with E-state index in [1.54, 1.807) is 42.5 Å². The number of aryl methyl sites for hydroxylation is 2. The molecule has 3 aromatic rings. The summed E-state index contributed by atoms with van der Waals surface area (Å²) in [6.07, 6.45) is 0.618. The summed E-state index contributed by atoms with van der Waals surface area (Å²) in [4.78, 5) is 12.8. The van der Waals surface area contributed by atoms with Gasteiger partial charge in [0.2, 0.25) is 0 Å². The number of rotatable bonds is 5. The summed E-state index contributed by atoms with van der Waals surface area (Å²) in [5.74, 6) is 0.551. The Balaban J connectivity index is 1.56. The molecule has 0 saturated heterocycles. The van der Waals surface area contributed by atoms with Gasteiger partial charge in [-0.25, -0.2) is 13.2 Å². The second kappa shape index (κ2) is 8.55. The Hall–Kier alpha value is -3.52. The van der Waals surface area contributed by atoms with Gasteiger partial charge in [-0.05, 0) is 67.8 Å². The van der Waals surface area contributed by atoms with Crippen molar-refractivity contribution in [3.63, 3.8) is 0 Å². The smallest absolute Gasteiger partial charge is 0.323 e. The second-order valence-corrected chi connectivity index (χ2v) is 9.63. The fourth-order valence-corrected chi connectivity index (χ4v) is 5.21. The highest BCUT2D eigenvalue weighted by Crippen LogP contribution is 2.35. The molecule has 0 unspecified atom stereocenters. The lowest BCUT2D eigenvalue weighted by Gasteiger charge is -2.20. The van der Waals surface area contributed by atoms with Crippen LogP contribution in [-0.2, 0) is 16.4 Å². The molecular weight excluding hydrogens is 426 g/mol. The van der Waals surface area contributed by atoms with E-state index in [-0.39, 0.29) is 4.90 Å². The summed E-state index contributed by atoms with van der Waals surface area (Å²) in [5, 5.41) is 5.57. The van der Waals surface area contributed by atoms with Crippen LogP contribution in [-0.4, -0.2) is 28.1 Å². The van der Waals surface area contributed by atoms with Crippen molar-refractivity contribution < 1.29 is 17.9 Å². The highest BCUT2D eigenvalue weighted by atomic mass is 32.2. The maximum atomic E-state index is 13.2. The van der Waals surface area contributed by atoms with Crippen LogP contribution in [0.15, 0.2) is 65.6 Å². The zero-order chi connectivity index (χ0) is 22.9. The van der Waals surface area contributed by atoms with Crippen LogP contribution >= 0.6 is 0 Å². The van der Waals surface area contributed by atoms with Gasteiger partial charge in [-0.15, -0.1) is 0 Å². The van der Waals surface area contributed by atoms with Crippen LogP contribution in [0.2, 0.25) is 0 Å². The number of fused-ring (bicyclic) bond motifs is 1. The van der Waals surface area contributed by atoms with Gasteiger partial charge in [-0.3, -0.25) is 4.31 Å². The molecule has 0 spiro atoms. The summed E-state index contributed by atoms with van der Waals surface area (Å²) < 4.78 is 33.1. The summed E-state index contributed by atoms with van der Waals surface area (Å²) in [6, 6.07) is 17.2. The van der Waals surface area contributed by atoms with Gasteiger partial charge in [0.15, 0.2) is 0 Å². The molecule has 0 atom stereocenters. The molecular formula is C24H25N3O4S. The van der Waals surface area contributed by atoms with Crippen molar-refractivity contribution in [3.05, 3.63) is 77.4 Å². The number of hydrogen-bond donors (Lipinski definition) is 2. The molecule has 2 N–H and O–H groups in total. The van der Waals surface area contributed by atoms with Crippen molar-refractivity contribution in [3.8, 4) is 5.75 Å². The third-order valence-corrected chi connectivity index (χ3v) is 7.24. The van der Waals surface area contributed by atoms with Gasteiger partial charge in [-0.1, -0.05) is 29.8 Å². The van der Waals surface area contributed by atoms with E-state index in [9.17, 15) is 13.2 Å². The normalized spacial score (nSPS) is 12.9. The van der Waals surface area contributed by atoms with Gasteiger partial charge in [0.05, 0.1) is 23.4 Å². The van der Waals surface area contributed by atoms with E-state index in [0.29, 0.717) is 35.8 Å². The monoisotopic (exact) mass is 451 g/mol. The number of nitrogens with zero attached hydrogens (tertiary/aromatic N) is 1. The van der Waals surface area contributed by atoms with Crippen LogP contribution in [0.25, 0.3) is 0 Å².